The number of thioether (sulfide) groups is 1. The Labute approximate surface area is 135 Å². The summed E-state index contributed by atoms with van der Waals surface area (Å²) in [6, 6.07) is 5.72. The zero-order valence-electron chi connectivity index (χ0n) is 11.2. The van der Waals surface area contributed by atoms with Crippen LogP contribution in [0.2, 0.25) is 0 Å². The summed E-state index contributed by atoms with van der Waals surface area (Å²) in [6.45, 7) is 10.0. The van der Waals surface area contributed by atoms with Gasteiger partial charge in [0.25, 0.3) is 5.56 Å². The second-order valence-corrected chi connectivity index (χ2v) is 6.69. The summed E-state index contributed by atoms with van der Waals surface area (Å²) in [6.07, 6.45) is 1.72. The predicted octanol–water partition coefficient (Wildman–Crippen LogP) is 3.86. The third kappa shape index (κ3) is 3.32. The third-order valence-corrected chi connectivity index (χ3v) is 4.52. The van der Waals surface area contributed by atoms with Crippen molar-refractivity contribution in [2.24, 2.45) is 0 Å². The van der Waals surface area contributed by atoms with E-state index in [-0.39, 0.29) is 5.56 Å². The largest absolute Gasteiger partial charge is 0.283 e. The Bertz CT molecular complexity index is 736. The molecule has 5 heteroatoms. The van der Waals surface area contributed by atoms with Gasteiger partial charge in [0.05, 0.1) is 10.9 Å². The van der Waals surface area contributed by atoms with Crippen LogP contribution in [-0.4, -0.2) is 15.3 Å². The second-order valence-electron chi connectivity index (χ2n) is 4.51. The molecule has 0 aliphatic rings. The first-order chi connectivity index (χ1) is 9.52. The maximum absolute atomic E-state index is 12.6. The Hall–Kier alpha value is -1.08. The first-order valence-electron chi connectivity index (χ1n) is 6.11. The van der Waals surface area contributed by atoms with Gasteiger partial charge in [-0.05, 0) is 47.7 Å². The minimum absolute atomic E-state index is 0.0161. The molecule has 0 saturated carbocycles. The number of hydrogen-bond acceptors (Lipinski definition) is 3. The van der Waals surface area contributed by atoms with E-state index in [0.29, 0.717) is 17.1 Å². The Morgan fingerprint density at radius 3 is 2.95 bits per heavy atom. The molecule has 0 amide bonds. The van der Waals surface area contributed by atoms with E-state index >= 15 is 0 Å². The highest BCUT2D eigenvalue weighted by molar-refractivity contribution is 14.1. The lowest BCUT2D eigenvalue weighted by molar-refractivity contribution is 0.672. The van der Waals surface area contributed by atoms with Crippen LogP contribution in [0.3, 0.4) is 0 Å². The van der Waals surface area contributed by atoms with Gasteiger partial charge in [-0.3, -0.25) is 9.36 Å². The van der Waals surface area contributed by atoms with Crippen LogP contribution in [0.4, 0.5) is 0 Å². The molecule has 1 aromatic carbocycles. The zero-order valence-corrected chi connectivity index (χ0v) is 14.2. The van der Waals surface area contributed by atoms with E-state index < -0.39 is 0 Å². The van der Waals surface area contributed by atoms with Crippen LogP contribution >= 0.6 is 34.4 Å². The molecular formula is C15H15IN2OS. The lowest BCUT2D eigenvalue weighted by Crippen LogP contribution is -2.23. The van der Waals surface area contributed by atoms with Crippen molar-refractivity contribution in [3.8, 4) is 0 Å². The van der Waals surface area contributed by atoms with Crippen LogP contribution in [-0.2, 0) is 6.54 Å². The predicted molar refractivity (Wildman–Crippen MR) is 94.5 cm³/mol. The van der Waals surface area contributed by atoms with Crippen LogP contribution in [0, 0.1) is 3.57 Å². The average molecular weight is 398 g/mol. The van der Waals surface area contributed by atoms with Crippen molar-refractivity contribution in [3.63, 3.8) is 0 Å². The Morgan fingerprint density at radius 2 is 2.30 bits per heavy atom. The van der Waals surface area contributed by atoms with E-state index in [1.165, 1.54) is 11.8 Å². The smallest absolute Gasteiger partial charge is 0.262 e. The molecule has 2 aromatic rings. The van der Waals surface area contributed by atoms with E-state index in [2.05, 4.69) is 40.7 Å². The third-order valence-electron chi connectivity index (χ3n) is 2.64. The fourth-order valence-electron chi connectivity index (χ4n) is 1.76. The summed E-state index contributed by atoms with van der Waals surface area (Å²) in [7, 11) is 0. The Kier molecular flexibility index (Phi) is 5.04. The van der Waals surface area contributed by atoms with Crippen molar-refractivity contribution in [2.45, 2.75) is 18.6 Å². The van der Waals surface area contributed by atoms with Gasteiger partial charge < -0.3 is 0 Å². The number of allylic oxidation sites excluding steroid dienone is 1. The highest BCUT2D eigenvalue weighted by Crippen LogP contribution is 2.20. The first-order valence-corrected chi connectivity index (χ1v) is 8.17. The van der Waals surface area contributed by atoms with Crippen LogP contribution in [0.5, 0.6) is 0 Å². The maximum atomic E-state index is 12.6. The minimum atomic E-state index is -0.0161. The van der Waals surface area contributed by atoms with Crippen molar-refractivity contribution in [1.82, 2.24) is 9.55 Å². The number of rotatable bonds is 5. The van der Waals surface area contributed by atoms with Crippen LogP contribution in [0.15, 0.2) is 53.0 Å². The van der Waals surface area contributed by atoms with E-state index in [0.717, 1.165) is 20.4 Å². The van der Waals surface area contributed by atoms with Crippen molar-refractivity contribution >= 4 is 45.3 Å². The van der Waals surface area contributed by atoms with E-state index in [1.807, 2.05) is 25.1 Å². The number of halogens is 1. The molecule has 0 aliphatic carbocycles. The Balaban J connectivity index is 2.63. The molecule has 0 radical (unpaired) electrons. The molecule has 3 nitrogen and oxygen atoms in total. The van der Waals surface area contributed by atoms with Crippen molar-refractivity contribution in [1.29, 1.82) is 0 Å². The van der Waals surface area contributed by atoms with Crippen LogP contribution in [0.25, 0.3) is 10.9 Å². The summed E-state index contributed by atoms with van der Waals surface area (Å²) >= 11 is 3.73. The van der Waals surface area contributed by atoms with Gasteiger partial charge in [0, 0.05) is 15.9 Å². The number of nitrogens with zero attached hydrogens (tertiary/aromatic N) is 2. The van der Waals surface area contributed by atoms with E-state index in [4.69, 9.17) is 0 Å². The molecule has 0 spiro atoms. The number of aromatic nitrogens is 2. The molecule has 0 bridgehead atoms. The summed E-state index contributed by atoms with van der Waals surface area (Å²) in [4.78, 5) is 17.2. The fourth-order valence-corrected chi connectivity index (χ4v) is 3.10. The highest BCUT2D eigenvalue weighted by atomic mass is 127. The van der Waals surface area contributed by atoms with E-state index in [1.54, 1.807) is 10.6 Å². The molecule has 20 heavy (non-hydrogen) atoms. The first kappa shape index (κ1) is 15.3. The summed E-state index contributed by atoms with van der Waals surface area (Å²) < 4.78 is 2.69. The molecule has 104 valence electrons. The SMILES string of the molecule is C=CCn1c(SCC(=C)C)nc2ccc(I)cc2c1=O. The number of fused-ring (bicyclic) bond motifs is 1. The van der Waals surface area contributed by atoms with Gasteiger partial charge in [-0.25, -0.2) is 4.98 Å². The molecule has 0 fully saturated rings. The van der Waals surface area contributed by atoms with Gasteiger partial charge in [-0.2, -0.15) is 0 Å². The summed E-state index contributed by atoms with van der Waals surface area (Å²) in [5, 5.41) is 1.37. The van der Waals surface area contributed by atoms with Crippen molar-refractivity contribution in [2.75, 3.05) is 5.75 Å². The summed E-state index contributed by atoms with van der Waals surface area (Å²) in [5.41, 5.74) is 1.77. The highest BCUT2D eigenvalue weighted by Gasteiger charge is 2.11. The molecule has 0 N–H and O–H groups in total. The van der Waals surface area contributed by atoms with Gasteiger partial charge >= 0.3 is 0 Å². The average Bonchev–Trinajstić information content (AvgIpc) is 2.41. The second kappa shape index (κ2) is 6.58. The number of benzene rings is 1. The normalized spacial score (nSPS) is 10.7. The molecule has 0 atom stereocenters. The molecule has 1 aromatic heterocycles. The number of hydrogen-bond donors (Lipinski definition) is 0. The lowest BCUT2D eigenvalue weighted by atomic mass is 10.2. The van der Waals surface area contributed by atoms with Crippen molar-refractivity contribution < 1.29 is 0 Å². The molecule has 0 unspecified atom stereocenters. The van der Waals surface area contributed by atoms with Gasteiger partial charge in [0.15, 0.2) is 5.16 Å². The van der Waals surface area contributed by atoms with Gasteiger partial charge in [-0.1, -0.05) is 30.0 Å². The summed E-state index contributed by atoms with van der Waals surface area (Å²) in [5.74, 6) is 0.749. The topological polar surface area (TPSA) is 34.9 Å². The molecule has 2 rings (SSSR count). The van der Waals surface area contributed by atoms with Crippen molar-refractivity contribution in [3.05, 3.63) is 56.9 Å². The molecule has 1 heterocycles. The monoisotopic (exact) mass is 398 g/mol. The minimum Gasteiger partial charge on any atom is -0.283 e. The molecule has 0 saturated heterocycles. The van der Waals surface area contributed by atoms with Gasteiger partial charge in [0.2, 0.25) is 0 Å². The van der Waals surface area contributed by atoms with Gasteiger partial charge in [0.1, 0.15) is 0 Å². The quantitative estimate of drug-likeness (QED) is 0.332. The standard InChI is InChI=1S/C15H15IN2OS/c1-4-7-18-14(19)12-8-11(16)5-6-13(12)17-15(18)20-9-10(2)3/h4-6,8H,1-2,7,9H2,3H3. The van der Waals surface area contributed by atoms with Crippen LogP contribution < -0.4 is 5.56 Å². The van der Waals surface area contributed by atoms with Crippen LogP contribution in [0.1, 0.15) is 6.92 Å². The van der Waals surface area contributed by atoms with Gasteiger partial charge in [-0.15, -0.1) is 6.58 Å². The zero-order chi connectivity index (χ0) is 14.7. The van der Waals surface area contributed by atoms with E-state index in [9.17, 15) is 4.79 Å². The lowest BCUT2D eigenvalue weighted by Gasteiger charge is -2.11. The Morgan fingerprint density at radius 1 is 1.55 bits per heavy atom. The molecule has 0 aliphatic heterocycles. The maximum Gasteiger partial charge on any atom is 0.262 e. The fraction of sp³-hybridized carbons (Fsp3) is 0.200. The molecular weight excluding hydrogens is 383 g/mol.